The number of nitrogens with zero attached hydrogens (tertiary/aromatic N) is 3. The Labute approximate surface area is 164 Å². The average Bonchev–Trinajstić information content (AvgIpc) is 3.09. The van der Waals surface area contributed by atoms with Crippen LogP contribution in [0.15, 0.2) is 59.9 Å². The molecule has 0 spiro atoms. The van der Waals surface area contributed by atoms with Gasteiger partial charge in [0.05, 0.1) is 11.2 Å². The quantitative estimate of drug-likeness (QED) is 0.416. The van der Waals surface area contributed by atoms with Crippen molar-refractivity contribution >= 4 is 17.3 Å². The number of hydrogen-bond donors (Lipinski definition) is 0. The van der Waals surface area contributed by atoms with Crippen LogP contribution in [-0.4, -0.2) is 14.6 Å². The standard InChI is InChI=1S/C23H23N3S/c1-15-5-6-17(3)20(11-15)14-27-23-22-13-21(25-26(22)10-9-24-23)19-8-7-16(2)18(4)12-19/h5-13H,14H2,1-4H3. The Morgan fingerprint density at radius 2 is 1.70 bits per heavy atom. The number of thioether (sulfide) groups is 1. The van der Waals surface area contributed by atoms with Gasteiger partial charge in [-0.3, -0.25) is 0 Å². The molecule has 0 aliphatic heterocycles. The number of fused-ring (bicyclic) bond motifs is 1. The molecule has 0 saturated carbocycles. The molecule has 0 aliphatic carbocycles. The van der Waals surface area contributed by atoms with Crippen LogP contribution < -0.4 is 0 Å². The molecule has 0 radical (unpaired) electrons. The predicted octanol–water partition coefficient (Wildman–Crippen LogP) is 5.92. The Morgan fingerprint density at radius 3 is 2.52 bits per heavy atom. The third-order valence-corrected chi connectivity index (χ3v) is 6.07. The second-order valence-corrected chi connectivity index (χ2v) is 8.07. The average molecular weight is 374 g/mol. The van der Waals surface area contributed by atoms with Crippen molar-refractivity contribution in [1.29, 1.82) is 0 Å². The van der Waals surface area contributed by atoms with Gasteiger partial charge >= 0.3 is 0 Å². The van der Waals surface area contributed by atoms with Crippen LogP contribution in [0.2, 0.25) is 0 Å². The number of hydrogen-bond acceptors (Lipinski definition) is 3. The van der Waals surface area contributed by atoms with Gasteiger partial charge in [-0.25, -0.2) is 9.50 Å². The summed E-state index contributed by atoms with van der Waals surface area (Å²) in [6, 6.07) is 15.3. The van der Waals surface area contributed by atoms with Gasteiger partial charge in [-0.2, -0.15) is 5.10 Å². The van der Waals surface area contributed by atoms with Gasteiger partial charge in [-0.1, -0.05) is 47.7 Å². The molecule has 2 aromatic carbocycles. The Kier molecular flexibility index (Phi) is 4.75. The highest BCUT2D eigenvalue weighted by Crippen LogP contribution is 2.29. The van der Waals surface area contributed by atoms with Gasteiger partial charge in [0.1, 0.15) is 5.03 Å². The molecule has 0 atom stereocenters. The maximum atomic E-state index is 4.76. The van der Waals surface area contributed by atoms with Gasteiger partial charge in [-0.15, -0.1) is 0 Å². The van der Waals surface area contributed by atoms with E-state index in [-0.39, 0.29) is 0 Å². The summed E-state index contributed by atoms with van der Waals surface area (Å²) >= 11 is 1.77. The molecule has 4 rings (SSSR count). The van der Waals surface area contributed by atoms with Crippen molar-refractivity contribution in [2.45, 2.75) is 38.5 Å². The van der Waals surface area contributed by atoms with Gasteiger partial charge < -0.3 is 0 Å². The number of rotatable bonds is 4. The Balaban J connectivity index is 1.67. The Hall–Kier alpha value is -2.59. The summed E-state index contributed by atoms with van der Waals surface area (Å²) in [4.78, 5) is 4.61. The van der Waals surface area contributed by atoms with Crippen molar-refractivity contribution in [3.8, 4) is 11.3 Å². The summed E-state index contributed by atoms with van der Waals surface area (Å²) in [6.45, 7) is 8.58. The van der Waals surface area contributed by atoms with E-state index >= 15 is 0 Å². The fourth-order valence-corrected chi connectivity index (χ4v) is 4.19. The first kappa shape index (κ1) is 17.8. The van der Waals surface area contributed by atoms with E-state index in [1.165, 1.54) is 27.8 Å². The molecule has 4 aromatic rings. The molecule has 4 heteroatoms. The minimum Gasteiger partial charge on any atom is -0.246 e. The summed E-state index contributed by atoms with van der Waals surface area (Å²) in [5, 5.41) is 5.78. The number of aryl methyl sites for hydroxylation is 4. The Bertz CT molecular complexity index is 1130. The van der Waals surface area contributed by atoms with Crippen molar-refractivity contribution in [3.63, 3.8) is 0 Å². The van der Waals surface area contributed by atoms with Crippen molar-refractivity contribution in [2.75, 3.05) is 0 Å². The Morgan fingerprint density at radius 1 is 0.889 bits per heavy atom. The van der Waals surface area contributed by atoms with E-state index in [0.717, 1.165) is 27.6 Å². The second-order valence-electron chi connectivity index (χ2n) is 7.11. The lowest BCUT2D eigenvalue weighted by Crippen LogP contribution is -1.93. The predicted molar refractivity (Wildman–Crippen MR) is 113 cm³/mol. The van der Waals surface area contributed by atoms with Crippen LogP contribution in [-0.2, 0) is 5.75 Å². The highest BCUT2D eigenvalue weighted by molar-refractivity contribution is 7.98. The monoisotopic (exact) mass is 373 g/mol. The molecular formula is C23H23N3S. The van der Waals surface area contributed by atoms with Crippen LogP contribution in [0, 0.1) is 27.7 Å². The van der Waals surface area contributed by atoms with Crippen LogP contribution in [0.3, 0.4) is 0 Å². The molecule has 0 aliphatic rings. The molecule has 27 heavy (non-hydrogen) atoms. The van der Waals surface area contributed by atoms with Gasteiger partial charge in [0.2, 0.25) is 0 Å². The summed E-state index contributed by atoms with van der Waals surface area (Å²) in [7, 11) is 0. The fourth-order valence-electron chi connectivity index (χ4n) is 3.15. The van der Waals surface area contributed by atoms with E-state index in [0.29, 0.717) is 0 Å². The smallest absolute Gasteiger partial charge is 0.122 e. The summed E-state index contributed by atoms with van der Waals surface area (Å²) in [5.74, 6) is 0.907. The van der Waals surface area contributed by atoms with Crippen LogP contribution in [0.5, 0.6) is 0 Å². The molecule has 3 nitrogen and oxygen atoms in total. The molecular weight excluding hydrogens is 350 g/mol. The van der Waals surface area contributed by atoms with E-state index in [2.05, 4.69) is 75.1 Å². The molecule has 0 N–H and O–H groups in total. The molecule has 0 saturated heterocycles. The van der Waals surface area contributed by atoms with E-state index in [1.807, 2.05) is 16.9 Å². The SMILES string of the molecule is Cc1ccc(C)c(CSc2nccn3nc(-c4ccc(C)c(C)c4)cc23)c1. The molecule has 0 amide bonds. The molecule has 0 unspecified atom stereocenters. The topological polar surface area (TPSA) is 30.2 Å². The maximum Gasteiger partial charge on any atom is 0.122 e. The minimum atomic E-state index is 0.907. The lowest BCUT2D eigenvalue weighted by atomic mass is 10.0. The third kappa shape index (κ3) is 3.62. The van der Waals surface area contributed by atoms with Crippen molar-refractivity contribution < 1.29 is 0 Å². The van der Waals surface area contributed by atoms with Crippen LogP contribution >= 0.6 is 11.8 Å². The van der Waals surface area contributed by atoms with Crippen LogP contribution in [0.4, 0.5) is 0 Å². The second kappa shape index (κ2) is 7.20. The summed E-state index contributed by atoms with van der Waals surface area (Å²) in [5.41, 5.74) is 9.75. The molecule has 2 heterocycles. The van der Waals surface area contributed by atoms with Crippen LogP contribution in [0.25, 0.3) is 16.8 Å². The summed E-state index contributed by atoms with van der Waals surface area (Å²) < 4.78 is 1.93. The van der Waals surface area contributed by atoms with Crippen molar-refractivity contribution in [3.05, 3.63) is 82.7 Å². The first-order valence-corrected chi connectivity index (χ1v) is 10.1. The summed E-state index contributed by atoms with van der Waals surface area (Å²) in [6.07, 6.45) is 3.75. The molecule has 2 aromatic heterocycles. The van der Waals surface area contributed by atoms with Gasteiger partial charge in [0.15, 0.2) is 0 Å². The van der Waals surface area contributed by atoms with E-state index in [9.17, 15) is 0 Å². The number of benzene rings is 2. The van der Waals surface area contributed by atoms with Crippen LogP contribution in [0.1, 0.15) is 27.8 Å². The highest BCUT2D eigenvalue weighted by atomic mass is 32.2. The van der Waals surface area contributed by atoms with Gasteiger partial charge in [-0.05, 0) is 62.1 Å². The maximum absolute atomic E-state index is 4.76. The fraction of sp³-hybridized carbons (Fsp3) is 0.217. The number of aromatic nitrogens is 3. The highest BCUT2D eigenvalue weighted by Gasteiger charge is 2.11. The minimum absolute atomic E-state index is 0.907. The van der Waals surface area contributed by atoms with E-state index in [4.69, 9.17) is 5.10 Å². The first-order valence-electron chi connectivity index (χ1n) is 9.12. The van der Waals surface area contributed by atoms with Gasteiger partial charge in [0.25, 0.3) is 0 Å². The van der Waals surface area contributed by atoms with Crippen molar-refractivity contribution in [2.24, 2.45) is 0 Å². The zero-order chi connectivity index (χ0) is 19.0. The lowest BCUT2D eigenvalue weighted by Gasteiger charge is -2.07. The van der Waals surface area contributed by atoms with Crippen molar-refractivity contribution in [1.82, 2.24) is 14.6 Å². The third-order valence-electron chi connectivity index (χ3n) is 5.03. The zero-order valence-corrected chi connectivity index (χ0v) is 17.0. The molecule has 136 valence electrons. The van der Waals surface area contributed by atoms with E-state index < -0.39 is 0 Å². The van der Waals surface area contributed by atoms with Gasteiger partial charge in [0, 0.05) is 23.7 Å². The molecule has 0 fully saturated rings. The normalized spacial score (nSPS) is 11.3. The zero-order valence-electron chi connectivity index (χ0n) is 16.2. The lowest BCUT2D eigenvalue weighted by molar-refractivity contribution is 0.920. The largest absolute Gasteiger partial charge is 0.246 e. The molecule has 0 bridgehead atoms. The van der Waals surface area contributed by atoms with E-state index in [1.54, 1.807) is 11.8 Å². The first-order chi connectivity index (χ1) is 13.0.